The van der Waals surface area contributed by atoms with Crippen LogP contribution in [0.15, 0.2) is 36.4 Å². The Balaban J connectivity index is 1.92. The zero-order valence-corrected chi connectivity index (χ0v) is 10.6. The topological polar surface area (TPSA) is 85.9 Å². The molecule has 0 atom stereocenters. The van der Waals surface area contributed by atoms with E-state index < -0.39 is 0 Å². The second kappa shape index (κ2) is 3.45. The van der Waals surface area contributed by atoms with Crippen LogP contribution in [0.5, 0.6) is 0 Å². The largest absolute Gasteiger partial charge is 0.292 e. The van der Waals surface area contributed by atoms with Crippen molar-refractivity contribution in [2.75, 3.05) is 0 Å². The molecule has 2 aromatic heterocycles. The summed E-state index contributed by atoms with van der Waals surface area (Å²) in [6.07, 6.45) is 0. The summed E-state index contributed by atoms with van der Waals surface area (Å²) in [4.78, 5) is 16.7. The van der Waals surface area contributed by atoms with Crippen molar-refractivity contribution in [2.45, 2.75) is 0 Å². The number of rotatable bonds is 0. The van der Waals surface area contributed by atoms with E-state index in [1.165, 1.54) is 4.63 Å². The number of hydrogen-bond donors (Lipinski definition) is 0. The predicted molar refractivity (Wildman–Crippen MR) is 72.7 cm³/mol. The molecule has 0 unspecified atom stereocenters. The molecule has 0 spiro atoms. The van der Waals surface area contributed by atoms with Crippen LogP contribution in [0.3, 0.4) is 0 Å². The fourth-order valence-electron chi connectivity index (χ4n) is 2.70. The number of aromatic nitrogens is 6. The molecule has 0 N–H and O–H groups in total. The first-order valence-corrected chi connectivity index (χ1v) is 6.35. The third-order valence-electron chi connectivity index (χ3n) is 3.67. The molecule has 1 aliphatic carbocycles. The number of ketones is 1. The lowest BCUT2D eigenvalue weighted by Crippen LogP contribution is -2.04. The maximum Gasteiger partial charge on any atom is 0.292 e. The third-order valence-corrected chi connectivity index (χ3v) is 3.67. The lowest BCUT2D eigenvalue weighted by atomic mass is 10.0. The van der Waals surface area contributed by atoms with E-state index in [1.54, 1.807) is 0 Å². The highest BCUT2D eigenvalue weighted by molar-refractivity contribution is 6.21. The Morgan fingerprint density at radius 3 is 2.52 bits per heavy atom. The van der Waals surface area contributed by atoms with E-state index in [2.05, 4.69) is 25.6 Å². The van der Waals surface area contributed by atoms with Crippen molar-refractivity contribution >= 4 is 22.3 Å². The summed E-state index contributed by atoms with van der Waals surface area (Å²) < 4.78 is 1.23. The molecule has 0 bridgehead atoms. The molecular weight excluding hydrogens is 268 g/mol. The quantitative estimate of drug-likeness (QED) is 0.423. The minimum Gasteiger partial charge on any atom is -0.287 e. The van der Waals surface area contributed by atoms with Crippen LogP contribution in [0.1, 0.15) is 16.1 Å². The Labute approximate surface area is 117 Å². The molecule has 4 aromatic rings. The van der Waals surface area contributed by atoms with E-state index in [4.69, 9.17) is 0 Å². The van der Waals surface area contributed by atoms with Gasteiger partial charge in [0.15, 0.2) is 0 Å². The van der Waals surface area contributed by atoms with Crippen molar-refractivity contribution in [3.63, 3.8) is 0 Å². The first kappa shape index (κ1) is 10.6. The SMILES string of the molecule is O=C1c2cc3ccccc3cc2-c2nn3nnnc3nc21. The summed E-state index contributed by atoms with van der Waals surface area (Å²) >= 11 is 0. The van der Waals surface area contributed by atoms with Gasteiger partial charge in [0.05, 0.1) is 0 Å². The van der Waals surface area contributed by atoms with Gasteiger partial charge in [0.2, 0.25) is 5.78 Å². The van der Waals surface area contributed by atoms with Crippen molar-refractivity contribution in [1.82, 2.24) is 30.2 Å². The minimum atomic E-state index is -0.135. The van der Waals surface area contributed by atoms with E-state index in [0.717, 1.165) is 16.3 Å². The van der Waals surface area contributed by atoms with Crippen LogP contribution < -0.4 is 0 Å². The first-order chi connectivity index (χ1) is 10.3. The van der Waals surface area contributed by atoms with E-state index in [9.17, 15) is 4.79 Å². The molecule has 0 fully saturated rings. The maximum atomic E-state index is 12.5. The highest BCUT2D eigenvalue weighted by Gasteiger charge is 2.31. The molecular formula is C14H6N6O. The molecule has 21 heavy (non-hydrogen) atoms. The van der Waals surface area contributed by atoms with E-state index in [1.807, 2.05) is 36.4 Å². The van der Waals surface area contributed by atoms with Crippen LogP contribution >= 0.6 is 0 Å². The molecule has 0 saturated carbocycles. The van der Waals surface area contributed by atoms with Gasteiger partial charge in [-0.2, -0.15) is 0 Å². The second-order valence-electron chi connectivity index (χ2n) is 4.85. The monoisotopic (exact) mass is 274 g/mol. The van der Waals surface area contributed by atoms with E-state index in [0.29, 0.717) is 17.0 Å². The molecule has 0 amide bonds. The fraction of sp³-hybridized carbons (Fsp3) is 0. The molecule has 5 rings (SSSR count). The van der Waals surface area contributed by atoms with Crippen LogP contribution in [0.4, 0.5) is 0 Å². The number of tetrazole rings is 1. The Kier molecular flexibility index (Phi) is 1.74. The highest BCUT2D eigenvalue weighted by atomic mass is 16.1. The summed E-state index contributed by atoms with van der Waals surface area (Å²) in [6, 6.07) is 11.7. The smallest absolute Gasteiger partial charge is 0.287 e. The van der Waals surface area contributed by atoms with Gasteiger partial charge in [-0.05, 0) is 33.3 Å². The fourth-order valence-corrected chi connectivity index (χ4v) is 2.70. The number of nitrogens with zero attached hydrogens (tertiary/aromatic N) is 6. The van der Waals surface area contributed by atoms with Gasteiger partial charge in [0.25, 0.3) is 5.78 Å². The van der Waals surface area contributed by atoms with Crippen molar-refractivity contribution in [3.05, 3.63) is 47.7 Å². The van der Waals surface area contributed by atoms with Gasteiger partial charge in [-0.15, -0.1) is 5.10 Å². The van der Waals surface area contributed by atoms with Crippen molar-refractivity contribution < 1.29 is 4.79 Å². The van der Waals surface area contributed by atoms with Crippen LogP contribution in [0.25, 0.3) is 27.8 Å². The average molecular weight is 274 g/mol. The van der Waals surface area contributed by atoms with Gasteiger partial charge >= 0.3 is 0 Å². The number of hydrogen-bond acceptors (Lipinski definition) is 6. The van der Waals surface area contributed by atoms with Gasteiger partial charge in [-0.3, -0.25) is 4.79 Å². The molecule has 2 aromatic carbocycles. The Morgan fingerprint density at radius 1 is 0.952 bits per heavy atom. The molecule has 7 heteroatoms. The summed E-state index contributed by atoms with van der Waals surface area (Å²) in [7, 11) is 0. The van der Waals surface area contributed by atoms with Crippen LogP contribution in [0.2, 0.25) is 0 Å². The standard InChI is InChI=1S/C14H6N6O/c21-13-10-6-8-4-2-1-3-7(8)5-9(10)11-12(13)15-14-16-18-19-20(14)17-11/h1-6H. The minimum absolute atomic E-state index is 0.135. The number of carbonyl (C=O) groups is 1. The third kappa shape index (κ3) is 1.27. The average Bonchev–Trinajstić information content (AvgIpc) is 3.08. The van der Waals surface area contributed by atoms with Gasteiger partial charge in [-0.25, -0.2) is 4.98 Å². The normalized spacial score (nSPS) is 12.9. The molecule has 0 aliphatic heterocycles. The zero-order chi connectivity index (χ0) is 14.0. The summed E-state index contributed by atoms with van der Waals surface area (Å²) in [6.45, 7) is 0. The van der Waals surface area contributed by atoms with Gasteiger partial charge in [-0.1, -0.05) is 34.0 Å². The van der Waals surface area contributed by atoms with Gasteiger partial charge in [0, 0.05) is 11.1 Å². The maximum absolute atomic E-state index is 12.5. The summed E-state index contributed by atoms with van der Waals surface area (Å²) in [5.41, 5.74) is 2.23. The highest BCUT2D eigenvalue weighted by Crippen LogP contribution is 2.36. The Bertz CT molecular complexity index is 1070. The lowest BCUT2D eigenvalue weighted by molar-refractivity contribution is 0.103. The predicted octanol–water partition coefficient (Wildman–Crippen LogP) is 1.28. The van der Waals surface area contributed by atoms with Crippen LogP contribution in [-0.2, 0) is 0 Å². The van der Waals surface area contributed by atoms with E-state index in [-0.39, 0.29) is 11.6 Å². The summed E-state index contributed by atoms with van der Waals surface area (Å²) in [5, 5.41) is 17.3. The molecule has 1 aliphatic rings. The molecule has 98 valence electrons. The molecule has 2 heterocycles. The van der Waals surface area contributed by atoms with E-state index >= 15 is 0 Å². The number of benzene rings is 2. The van der Waals surface area contributed by atoms with Crippen LogP contribution in [-0.4, -0.2) is 36.0 Å². The lowest BCUT2D eigenvalue weighted by Gasteiger charge is -2.02. The second-order valence-corrected chi connectivity index (χ2v) is 4.85. The Morgan fingerprint density at radius 2 is 1.71 bits per heavy atom. The van der Waals surface area contributed by atoms with Crippen molar-refractivity contribution in [1.29, 1.82) is 0 Å². The number of fused-ring (bicyclic) bond motifs is 5. The summed E-state index contributed by atoms with van der Waals surface area (Å²) in [5.74, 6) is 0.0863. The van der Waals surface area contributed by atoms with Crippen molar-refractivity contribution in [2.24, 2.45) is 0 Å². The number of carbonyl (C=O) groups excluding carboxylic acids is 1. The van der Waals surface area contributed by atoms with Crippen LogP contribution in [0, 0.1) is 0 Å². The Hall–Kier alpha value is -3.22. The molecule has 0 saturated heterocycles. The van der Waals surface area contributed by atoms with Gasteiger partial charge < -0.3 is 0 Å². The van der Waals surface area contributed by atoms with Crippen molar-refractivity contribution in [3.8, 4) is 11.3 Å². The molecule has 0 radical (unpaired) electrons. The van der Waals surface area contributed by atoms with Gasteiger partial charge in [0.1, 0.15) is 11.4 Å². The molecule has 7 nitrogen and oxygen atoms in total. The zero-order valence-electron chi connectivity index (χ0n) is 10.6. The first-order valence-electron chi connectivity index (χ1n) is 6.35.